The van der Waals surface area contributed by atoms with Gasteiger partial charge in [-0.1, -0.05) is 0 Å². The molecule has 0 atom stereocenters. The molecule has 3 nitrogen and oxygen atoms in total. The molecule has 0 radical (unpaired) electrons. The molecule has 17 heavy (non-hydrogen) atoms. The van der Waals surface area contributed by atoms with Gasteiger partial charge in [-0.25, -0.2) is 4.98 Å². The monoisotopic (exact) mass is 242 g/mol. The zero-order valence-corrected chi connectivity index (χ0v) is 10.1. The highest BCUT2D eigenvalue weighted by Gasteiger charge is 2.08. The summed E-state index contributed by atoms with van der Waals surface area (Å²) in [6.07, 6.45) is 5.32. The minimum Gasteiger partial charge on any atom is -0.462 e. The molecule has 0 aliphatic heterocycles. The second-order valence-electron chi connectivity index (χ2n) is 3.77. The van der Waals surface area contributed by atoms with Gasteiger partial charge in [-0.2, -0.15) is 0 Å². The first-order chi connectivity index (χ1) is 8.33. The minimum absolute atomic E-state index is 0.807. The summed E-state index contributed by atoms with van der Waals surface area (Å²) >= 11 is 1.58. The van der Waals surface area contributed by atoms with Gasteiger partial charge in [0.2, 0.25) is 0 Å². The van der Waals surface area contributed by atoms with E-state index in [0.29, 0.717) is 0 Å². The third-order valence-electron chi connectivity index (χ3n) is 2.41. The molecule has 0 bridgehead atoms. The molecule has 4 heteroatoms. The molecule has 0 aliphatic carbocycles. The molecule has 0 spiro atoms. The summed E-state index contributed by atoms with van der Waals surface area (Å²) in [5, 5.41) is 2.92. The van der Waals surface area contributed by atoms with E-state index in [1.54, 1.807) is 17.6 Å². The Hall–Kier alpha value is -1.94. The van der Waals surface area contributed by atoms with Gasteiger partial charge >= 0.3 is 0 Å². The average Bonchev–Trinajstić information content (AvgIpc) is 3.00. The van der Waals surface area contributed by atoms with Crippen LogP contribution in [-0.2, 0) is 0 Å². The molecule has 0 aromatic carbocycles. The number of hydrogen-bond acceptors (Lipinski definition) is 4. The van der Waals surface area contributed by atoms with Crippen molar-refractivity contribution in [1.82, 2.24) is 9.97 Å². The Balaban J connectivity index is 2.01. The third kappa shape index (κ3) is 1.99. The lowest BCUT2D eigenvalue weighted by molar-refractivity contribution is 0.582. The quantitative estimate of drug-likeness (QED) is 0.686. The van der Waals surface area contributed by atoms with E-state index < -0.39 is 0 Å². The Kier molecular flexibility index (Phi) is 2.49. The first kappa shape index (κ1) is 10.2. The first-order valence-corrected chi connectivity index (χ1v) is 6.12. The van der Waals surface area contributed by atoms with E-state index in [-0.39, 0.29) is 0 Å². The van der Waals surface area contributed by atoms with Crippen LogP contribution in [0.15, 0.2) is 46.7 Å². The molecule has 3 aromatic rings. The summed E-state index contributed by atoms with van der Waals surface area (Å²) in [6.45, 7) is 2.02. The van der Waals surface area contributed by atoms with Crippen LogP contribution >= 0.6 is 11.3 Å². The van der Waals surface area contributed by atoms with Gasteiger partial charge in [-0.05, 0) is 30.7 Å². The van der Waals surface area contributed by atoms with Crippen LogP contribution in [0.3, 0.4) is 0 Å². The molecule has 0 unspecified atom stereocenters. The van der Waals surface area contributed by atoms with Crippen molar-refractivity contribution in [2.24, 2.45) is 0 Å². The summed E-state index contributed by atoms with van der Waals surface area (Å²) in [7, 11) is 0. The molecule has 0 saturated heterocycles. The lowest BCUT2D eigenvalue weighted by Gasteiger charge is -1.96. The van der Waals surface area contributed by atoms with Crippen molar-refractivity contribution >= 4 is 11.3 Å². The molecule has 0 amide bonds. The summed E-state index contributed by atoms with van der Waals surface area (Å²) in [6, 6.07) is 5.86. The van der Waals surface area contributed by atoms with Crippen LogP contribution in [0.2, 0.25) is 0 Å². The molecule has 0 saturated carbocycles. The van der Waals surface area contributed by atoms with E-state index in [4.69, 9.17) is 4.42 Å². The van der Waals surface area contributed by atoms with Crippen LogP contribution in [0.5, 0.6) is 0 Å². The molecular formula is C13H10N2OS. The summed E-state index contributed by atoms with van der Waals surface area (Å²) in [5.41, 5.74) is 3.12. The summed E-state index contributed by atoms with van der Waals surface area (Å²) in [5.74, 6) is 0.807. The molecule has 3 rings (SSSR count). The van der Waals surface area contributed by atoms with Crippen molar-refractivity contribution in [3.05, 3.63) is 47.8 Å². The van der Waals surface area contributed by atoms with Gasteiger partial charge in [0.05, 0.1) is 12.0 Å². The van der Waals surface area contributed by atoms with E-state index >= 15 is 0 Å². The summed E-state index contributed by atoms with van der Waals surface area (Å²) < 4.78 is 5.32. The zero-order valence-electron chi connectivity index (χ0n) is 9.25. The number of nitrogens with zero attached hydrogens (tertiary/aromatic N) is 2. The van der Waals surface area contributed by atoms with E-state index in [1.807, 2.05) is 36.8 Å². The van der Waals surface area contributed by atoms with Crippen molar-refractivity contribution in [1.29, 1.82) is 0 Å². The Labute approximate surface area is 103 Å². The standard InChI is InChI=1S/C13H10N2OS/c1-9-5-10(7-14-6-9)11-8-17-13(15-11)12-3-2-4-16-12/h2-8H,1H3. The Morgan fingerprint density at radius 2 is 2.24 bits per heavy atom. The second-order valence-corrected chi connectivity index (χ2v) is 4.62. The number of thiazole rings is 1. The van der Waals surface area contributed by atoms with E-state index in [2.05, 4.69) is 16.0 Å². The maximum absolute atomic E-state index is 5.32. The molecule has 0 fully saturated rings. The van der Waals surface area contributed by atoms with Crippen LogP contribution < -0.4 is 0 Å². The van der Waals surface area contributed by atoms with Crippen molar-refractivity contribution < 1.29 is 4.42 Å². The van der Waals surface area contributed by atoms with Gasteiger partial charge in [0.15, 0.2) is 10.8 Å². The molecule has 3 aromatic heterocycles. The van der Waals surface area contributed by atoms with Crippen LogP contribution in [0.1, 0.15) is 5.56 Å². The van der Waals surface area contributed by atoms with Crippen LogP contribution in [0, 0.1) is 6.92 Å². The number of furan rings is 1. The highest BCUT2D eigenvalue weighted by atomic mass is 32.1. The Bertz CT molecular complexity index is 628. The van der Waals surface area contributed by atoms with Gasteiger partial charge in [0.1, 0.15) is 0 Å². The lowest BCUT2D eigenvalue weighted by atomic mass is 10.2. The molecule has 84 valence electrons. The molecule has 3 heterocycles. The molecular weight excluding hydrogens is 232 g/mol. The highest BCUT2D eigenvalue weighted by molar-refractivity contribution is 7.13. The second kappa shape index (κ2) is 4.14. The van der Waals surface area contributed by atoms with Crippen molar-refractivity contribution in [3.63, 3.8) is 0 Å². The maximum atomic E-state index is 5.32. The van der Waals surface area contributed by atoms with Crippen molar-refractivity contribution in [2.45, 2.75) is 6.92 Å². The number of pyridine rings is 1. The fourth-order valence-corrected chi connectivity index (χ4v) is 2.41. The highest BCUT2D eigenvalue weighted by Crippen LogP contribution is 2.28. The number of aromatic nitrogens is 2. The molecule has 0 aliphatic rings. The minimum atomic E-state index is 0.807. The fourth-order valence-electron chi connectivity index (χ4n) is 1.61. The number of aryl methyl sites for hydroxylation is 1. The van der Waals surface area contributed by atoms with Crippen molar-refractivity contribution in [3.8, 4) is 22.0 Å². The number of rotatable bonds is 2. The first-order valence-electron chi connectivity index (χ1n) is 5.24. The predicted molar refractivity (Wildman–Crippen MR) is 67.8 cm³/mol. The predicted octanol–water partition coefficient (Wildman–Crippen LogP) is 3.77. The normalized spacial score (nSPS) is 10.6. The van der Waals surface area contributed by atoms with Gasteiger partial charge in [-0.15, -0.1) is 11.3 Å². The largest absolute Gasteiger partial charge is 0.462 e. The fraction of sp³-hybridized carbons (Fsp3) is 0.0769. The zero-order chi connectivity index (χ0) is 11.7. The van der Waals surface area contributed by atoms with Crippen molar-refractivity contribution in [2.75, 3.05) is 0 Å². The van der Waals surface area contributed by atoms with E-state index in [9.17, 15) is 0 Å². The Morgan fingerprint density at radius 1 is 1.29 bits per heavy atom. The maximum Gasteiger partial charge on any atom is 0.162 e. The van der Waals surface area contributed by atoms with Gasteiger partial charge in [0.25, 0.3) is 0 Å². The van der Waals surface area contributed by atoms with Crippen LogP contribution in [0.4, 0.5) is 0 Å². The molecule has 0 N–H and O–H groups in total. The van der Waals surface area contributed by atoms with Gasteiger partial charge in [0, 0.05) is 23.3 Å². The smallest absolute Gasteiger partial charge is 0.162 e. The van der Waals surface area contributed by atoms with E-state index in [1.165, 1.54) is 0 Å². The lowest BCUT2D eigenvalue weighted by Crippen LogP contribution is -1.82. The van der Waals surface area contributed by atoms with Gasteiger partial charge in [-0.3, -0.25) is 4.98 Å². The SMILES string of the molecule is Cc1cncc(-c2csc(-c3ccco3)n2)c1. The average molecular weight is 242 g/mol. The van der Waals surface area contributed by atoms with Crippen LogP contribution in [0.25, 0.3) is 22.0 Å². The number of hydrogen-bond donors (Lipinski definition) is 0. The topological polar surface area (TPSA) is 38.9 Å². The van der Waals surface area contributed by atoms with E-state index in [0.717, 1.165) is 27.6 Å². The third-order valence-corrected chi connectivity index (χ3v) is 3.26. The van der Waals surface area contributed by atoms with Crippen LogP contribution in [-0.4, -0.2) is 9.97 Å². The van der Waals surface area contributed by atoms with Gasteiger partial charge < -0.3 is 4.42 Å². The summed E-state index contributed by atoms with van der Waals surface area (Å²) in [4.78, 5) is 8.72. The Morgan fingerprint density at radius 3 is 3.00 bits per heavy atom.